The standard InChI is InChI=1S/C13H9BrClNO/c14-10-2-1-3-11-12(10)16-13(17-11)8-4-6-9(15)7-5-8/h1-7,13,16H. The van der Waals surface area contributed by atoms with Gasteiger partial charge in [-0.2, -0.15) is 0 Å². The predicted octanol–water partition coefficient (Wildman–Crippen LogP) is 4.61. The van der Waals surface area contributed by atoms with Crippen molar-refractivity contribution in [2.75, 3.05) is 5.32 Å². The van der Waals surface area contributed by atoms with E-state index in [2.05, 4.69) is 21.2 Å². The Morgan fingerprint density at radius 1 is 1.12 bits per heavy atom. The summed E-state index contributed by atoms with van der Waals surface area (Å²) in [4.78, 5) is 0. The zero-order valence-electron chi connectivity index (χ0n) is 8.78. The average molecular weight is 311 g/mol. The summed E-state index contributed by atoms with van der Waals surface area (Å²) in [5.74, 6) is 0.860. The fourth-order valence-electron chi connectivity index (χ4n) is 1.82. The van der Waals surface area contributed by atoms with Crippen molar-refractivity contribution in [3.63, 3.8) is 0 Å². The van der Waals surface area contributed by atoms with Gasteiger partial charge >= 0.3 is 0 Å². The summed E-state index contributed by atoms with van der Waals surface area (Å²) >= 11 is 9.36. The van der Waals surface area contributed by atoms with Crippen LogP contribution in [-0.4, -0.2) is 0 Å². The van der Waals surface area contributed by atoms with Crippen LogP contribution in [0.2, 0.25) is 5.02 Å². The Bertz CT molecular complexity index is 556. The van der Waals surface area contributed by atoms with E-state index in [0.717, 1.165) is 26.5 Å². The fourth-order valence-corrected chi connectivity index (χ4v) is 2.41. The minimum absolute atomic E-state index is 0.152. The van der Waals surface area contributed by atoms with Crippen molar-refractivity contribution >= 4 is 33.2 Å². The lowest BCUT2D eigenvalue weighted by molar-refractivity contribution is 0.260. The molecule has 0 spiro atoms. The normalized spacial score (nSPS) is 17.2. The van der Waals surface area contributed by atoms with Crippen LogP contribution in [0.15, 0.2) is 46.9 Å². The molecule has 1 heterocycles. The number of nitrogens with one attached hydrogen (secondary N) is 1. The number of benzene rings is 2. The second kappa shape index (κ2) is 4.24. The monoisotopic (exact) mass is 309 g/mol. The first kappa shape index (κ1) is 10.9. The molecule has 1 atom stereocenters. The number of ether oxygens (including phenoxy) is 1. The molecule has 86 valence electrons. The van der Waals surface area contributed by atoms with Gasteiger partial charge in [0.05, 0.1) is 5.69 Å². The molecule has 0 aromatic heterocycles. The second-order valence-electron chi connectivity index (χ2n) is 3.81. The van der Waals surface area contributed by atoms with E-state index in [4.69, 9.17) is 16.3 Å². The van der Waals surface area contributed by atoms with Gasteiger partial charge in [-0.15, -0.1) is 0 Å². The van der Waals surface area contributed by atoms with Gasteiger partial charge in [0, 0.05) is 15.1 Å². The molecule has 0 bridgehead atoms. The van der Waals surface area contributed by atoms with Crippen molar-refractivity contribution < 1.29 is 4.74 Å². The van der Waals surface area contributed by atoms with Crippen LogP contribution in [0.5, 0.6) is 5.75 Å². The maximum atomic E-state index is 5.86. The van der Waals surface area contributed by atoms with Crippen LogP contribution >= 0.6 is 27.5 Å². The smallest absolute Gasteiger partial charge is 0.196 e. The van der Waals surface area contributed by atoms with E-state index in [9.17, 15) is 0 Å². The van der Waals surface area contributed by atoms with Crippen molar-refractivity contribution in [2.45, 2.75) is 6.23 Å². The fraction of sp³-hybridized carbons (Fsp3) is 0.0769. The van der Waals surface area contributed by atoms with E-state index in [1.54, 1.807) is 0 Å². The molecule has 2 aromatic rings. The molecular weight excluding hydrogens is 302 g/mol. The van der Waals surface area contributed by atoms with Gasteiger partial charge in [0.15, 0.2) is 6.23 Å². The van der Waals surface area contributed by atoms with E-state index in [0.29, 0.717) is 0 Å². The molecule has 1 aliphatic rings. The van der Waals surface area contributed by atoms with Gasteiger partial charge in [0.25, 0.3) is 0 Å². The quantitative estimate of drug-likeness (QED) is 0.831. The molecule has 1 unspecified atom stereocenters. The van der Waals surface area contributed by atoms with Crippen molar-refractivity contribution in [3.8, 4) is 5.75 Å². The largest absolute Gasteiger partial charge is 0.464 e. The maximum absolute atomic E-state index is 5.86. The molecule has 0 aliphatic carbocycles. The number of fused-ring (bicyclic) bond motifs is 1. The van der Waals surface area contributed by atoms with Gasteiger partial charge in [-0.1, -0.05) is 29.8 Å². The highest BCUT2D eigenvalue weighted by Crippen LogP contribution is 2.42. The molecule has 0 radical (unpaired) electrons. The molecule has 3 rings (SSSR count). The molecule has 0 amide bonds. The molecule has 0 saturated heterocycles. The summed E-state index contributed by atoms with van der Waals surface area (Å²) in [6, 6.07) is 13.5. The highest BCUT2D eigenvalue weighted by molar-refractivity contribution is 9.10. The summed E-state index contributed by atoms with van der Waals surface area (Å²) < 4.78 is 6.84. The number of para-hydroxylation sites is 1. The first-order valence-corrected chi connectivity index (χ1v) is 6.38. The first-order valence-electron chi connectivity index (χ1n) is 5.21. The Morgan fingerprint density at radius 2 is 1.88 bits per heavy atom. The molecule has 1 N–H and O–H groups in total. The van der Waals surface area contributed by atoms with Crippen LogP contribution < -0.4 is 10.1 Å². The molecule has 1 aliphatic heterocycles. The van der Waals surface area contributed by atoms with Gasteiger partial charge in [-0.3, -0.25) is 0 Å². The van der Waals surface area contributed by atoms with E-state index in [1.807, 2.05) is 42.5 Å². The average Bonchev–Trinajstić information content (AvgIpc) is 2.75. The third kappa shape index (κ3) is 2.01. The predicted molar refractivity (Wildman–Crippen MR) is 72.6 cm³/mol. The number of hydrogen-bond acceptors (Lipinski definition) is 2. The zero-order chi connectivity index (χ0) is 11.8. The Labute approximate surface area is 113 Å². The number of rotatable bonds is 1. The summed E-state index contributed by atoms with van der Waals surface area (Å²) in [7, 11) is 0. The van der Waals surface area contributed by atoms with E-state index < -0.39 is 0 Å². The third-order valence-corrected chi connectivity index (χ3v) is 3.58. The van der Waals surface area contributed by atoms with Gasteiger partial charge in [-0.25, -0.2) is 0 Å². The summed E-state index contributed by atoms with van der Waals surface area (Å²) in [5.41, 5.74) is 2.05. The lowest BCUT2D eigenvalue weighted by Gasteiger charge is -2.11. The van der Waals surface area contributed by atoms with Crippen molar-refractivity contribution in [1.29, 1.82) is 0 Å². The molecule has 0 saturated carbocycles. The minimum atomic E-state index is -0.152. The number of halogens is 2. The van der Waals surface area contributed by atoms with Crippen LogP contribution in [0.4, 0.5) is 5.69 Å². The van der Waals surface area contributed by atoms with Crippen molar-refractivity contribution in [2.24, 2.45) is 0 Å². The van der Waals surface area contributed by atoms with Gasteiger partial charge in [0.2, 0.25) is 0 Å². The van der Waals surface area contributed by atoms with E-state index in [-0.39, 0.29) is 6.23 Å². The van der Waals surface area contributed by atoms with Gasteiger partial charge in [0.1, 0.15) is 5.75 Å². The van der Waals surface area contributed by atoms with Gasteiger partial charge in [-0.05, 0) is 40.2 Å². The molecule has 17 heavy (non-hydrogen) atoms. The second-order valence-corrected chi connectivity index (χ2v) is 5.10. The van der Waals surface area contributed by atoms with Crippen LogP contribution in [0, 0.1) is 0 Å². The highest BCUT2D eigenvalue weighted by Gasteiger charge is 2.24. The highest BCUT2D eigenvalue weighted by atomic mass is 79.9. The lowest BCUT2D eigenvalue weighted by atomic mass is 10.2. The number of hydrogen-bond donors (Lipinski definition) is 1. The Hall–Kier alpha value is -1.19. The Kier molecular flexibility index (Phi) is 2.73. The zero-order valence-corrected chi connectivity index (χ0v) is 11.1. The van der Waals surface area contributed by atoms with E-state index >= 15 is 0 Å². The molecular formula is C13H9BrClNO. The summed E-state index contributed by atoms with van der Waals surface area (Å²) in [6.07, 6.45) is -0.152. The third-order valence-electron chi connectivity index (χ3n) is 2.67. The lowest BCUT2D eigenvalue weighted by Crippen LogP contribution is -2.09. The molecule has 2 nitrogen and oxygen atoms in total. The minimum Gasteiger partial charge on any atom is -0.464 e. The molecule has 4 heteroatoms. The van der Waals surface area contributed by atoms with Crippen LogP contribution in [-0.2, 0) is 0 Å². The maximum Gasteiger partial charge on any atom is 0.196 e. The van der Waals surface area contributed by atoms with Gasteiger partial charge < -0.3 is 10.1 Å². The van der Waals surface area contributed by atoms with Crippen molar-refractivity contribution in [3.05, 3.63) is 57.5 Å². The number of anilines is 1. The molecule has 2 aromatic carbocycles. The molecule has 0 fully saturated rings. The van der Waals surface area contributed by atoms with Crippen molar-refractivity contribution in [1.82, 2.24) is 0 Å². The SMILES string of the molecule is Clc1ccc(C2Nc3c(Br)cccc3O2)cc1. The summed E-state index contributed by atoms with van der Waals surface area (Å²) in [5, 5.41) is 4.05. The van der Waals surface area contributed by atoms with Crippen LogP contribution in [0.25, 0.3) is 0 Å². The summed E-state index contributed by atoms with van der Waals surface area (Å²) in [6.45, 7) is 0. The van der Waals surface area contributed by atoms with Crippen LogP contribution in [0.1, 0.15) is 11.8 Å². The topological polar surface area (TPSA) is 21.3 Å². The Morgan fingerprint density at radius 3 is 2.59 bits per heavy atom. The first-order chi connectivity index (χ1) is 8.24. The van der Waals surface area contributed by atoms with E-state index in [1.165, 1.54) is 0 Å². The Balaban J connectivity index is 1.91. The van der Waals surface area contributed by atoms with Crippen LogP contribution in [0.3, 0.4) is 0 Å².